The molecule has 0 amide bonds. The van der Waals surface area contributed by atoms with Gasteiger partial charge in [0.25, 0.3) is 0 Å². The molecule has 0 saturated heterocycles. The van der Waals surface area contributed by atoms with Crippen LogP contribution in [0.25, 0.3) is 0 Å². The Kier molecular flexibility index (Phi) is 4.35. The number of ether oxygens (including phenoxy) is 1. The molecule has 12 heavy (non-hydrogen) atoms. The van der Waals surface area contributed by atoms with E-state index < -0.39 is 0 Å². The summed E-state index contributed by atoms with van der Waals surface area (Å²) in [4.78, 5) is 7.96. The average molecular weight is 205 g/mol. The number of hydrogen-bond acceptors (Lipinski definition) is 4. The second-order valence-corrected chi connectivity index (χ2v) is 3.44. The lowest BCUT2D eigenvalue weighted by atomic mass is 10.8. The third kappa shape index (κ3) is 2.97. The second kappa shape index (κ2) is 5.35. The van der Waals surface area contributed by atoms with E-state index in [9.17, 15) is 0 Å². The Bertz CT molecular complexity index is 247. The third-order valence-electron chi connectivity index (χ3n) is 1.15. The first-order valence-corrected chi connectivity index (χ1v) is 4.79. The lowest BCUT2D eigenvalue weighted by molar-refractivity contribution is 0.218. The van der Waals surface area contributed by atoms with E-state index in [0.717, 1.165) is 10.8 Å². The van der Waals surface area contributed by atoms with Crippen molar-refractivity contribution in [1.82, 2.24) is 9.97 Å². The maximum Gasteiger partial charge on any atom is 0.161 e. The van der Waals surface area contributed by atoms with Crippen molar-refractivity contribution >= 4 is 23.4 Å². The summed E-state index contributed by atoms with van der Waals surface area (Å²) in [5.41, 5.74) is 0. The Morgan fingerprint density at radius 1 is 1.50 bits per heavy atom. The molecule has 0 atom stereocenters. The molecule has 1 aromatic heterocycles. The lowest BCUT2D eigenvalue weighted by Gasteiger charge is -2.00. The van der Waals surface area contributed by atoms with Gasteiger partial charge in [0.2, 0.25) is 0 Å². The Labute approximate surface area is 80.5 Å². The van der Waals surface area contributed by atoms with Gasteiger partial charge in [-0.1, -0.05) is 11.6 Å². The summed E-state index contributed by atoms with van der Waals surface area (Å²) in [6.45, 7) is 0.692. The smallest absolute Gasteiger partial charge is 0.161 e. The third-order valence-corrected chi connectivity index (χ3v) is 2.48. The number of thioether (sulfide) groups is 1. The first kappa shape index (κ1) is 9.77. The molecule has 5 heteroatoms. The van der Waals surface area contributed by atoms with Crippen molar-refractivity contribution in [2.75, 3.05) is 19.5 Å². The van der Waals surface area contributed by atoms with Gasteiger partial charge in [0, 0.05) is 25.3 Å². The van der Waals surface area contributed by atoms with Gasteiger partial charge >= 0.3 is 0 Å². The van der Waals surface area contributed by atoms with Crippen molar-refractivity contribution < 1.29 is 4.74 Å². The van der Waals surface area contributed by atoms with E-state index in [1.54, 1.807) is 31.3 Å². The van der Waals surface area contributed by atoms with Crippen molar-refractivity contribution in [3.8, 4) is 0 Å². The molecule has 1 aromatic rings. The molecule has 0 aromatic carbocycles. The fraction of sp³-hybridized carbons (Fsp3) is 0.429. The van der Waals surface area contributed by atoms with Gasteiger partial charge in [-0.25, -0.2) is 9.97 Å². The normalized spacial score (nSPS) is 10.2. The summed E-state index contributed by atoms with van der Waals surface area (Å²) in [5.74, 6) is 0.842. The zero-order valence-corrected chi connectivity index (χ0v) is 8.23. The van der Waals surface area contributed by atoms with E-state index in [-0.39, 0.29) is 0 Å². The highest BCUT2D eigenvalue weighted by atomic mass is 35.5. The van der Waals surface area contributed by atoms with E-state index in [1.807, 2.05) is 0 Å². The Balaban J connectivity index is 2.46. The summed E-state index contributed by atoms with van der Waals surface area (Å²) in [7, 11) is 1.67. The van der Waals surface area contributed by atoms with Crippen LogP contribution >= 0.6 is 23.4 Å². The number of halogens is 1. The highest BCUT2D eigenvalue weighted by Gasteiger charge is 2.01. The van der Waals surface area contributed by atoms with Crippen LogP contribution in [0.3, 0.4) is 0 Å². The van der Waals surface area contributed by atoms with Gasteiger partial charge in [-0.15, -0.1) is 11.8 Å². The summed E-state index contributed by atoms with van der Waals surface area (Å²) in [5, 5.41) is 1.22. The standard InChI is InChI=1S/C7H9ClN2OS/c1-11-4-5-12-7-6(8)9-2-3-10-7/h2-3H,4-5H2,1H3. The van der Waals surface area contributed by atoms with Gasteiger partial charge in [0.15, 0.2) is 5.15 Å². The molecule has 0 aliphatic carbocycles. The molecule has 0 unspecified atom stereocenters. The minimum absolute atomic E-state index is 0.457. The predicted octanol–water partition coefficient (Wildman–Crippen LogP) is 1.87. The molecule has 1 heterocycles. The molecule has 3 nitrogen and oxygen atoms in total. The molecule has 0 bridgehead atoms. The average Bonchev–Trinajstić information content (AvgIpc) is 2.09. The first-order chi connectivity index (χ1) is 5.84. The maximum atomic E-state index is 5.77. The van der Waals surface area contributed by atoms with Gasteiger partial charge in [0.05, 0.1) is 6.61 Å². The van der Waals surface area contributed by atoms with Crippen LogP contribution in [0.15, 0.2) is 17.4 Å². The number of rotatable bonds is 4. The SMILES string of the molecule is COCCSc1nccnc1Cl. The van der Waals surface area contributed by atoms with Crippen molar-refractivity contribution in [2.24, 2.45) is 0 Å². The lowest BCUT2D eigenvalue weighted by Crippen LogP contribution is -1.93. The molecule has 1 rings (SSSR count). The molecule has 0 fully saturated rings. The van der Waals surface area contributed by atoms with Crippen LogP contribution in [0, 0.1) is 0 Å². The van der Waals surface area contributed by atoms with Gasteiger partial charge in [0.1, 0.15) is 5.03 Å². The van der Waals surface area contributed by atoms with Crippen LogP contribution < -0.4 is 0 Å². The maximum absolute atomic E-state index is 5.77. The molecule has 0 N–H and O–H groups in total. The van der Waals surface area contributed by atoms with Crippen LogP contribution in [0.1, 0.15) is 0 Å². The Hall–Kier alpha value is -0.320. The molecular weight excluding hydrogens is 196 g/mol. The fourth-order valence-corrected chi connectivity index (χ4v) is 1.65. The van der Waals surface area contributed by atoms with Crippen molar-refractivity contribution in [3.63, 3.8) is 0 Å². The van der Waals surface area contributed by atoms with Gasteiger partial charge in [-0.05, 0) is 0 Å². The summed E-state index contributed by atoms with van der Waals surface area (Å²) in [6.07, 6.45) is 3.20. The fourth-order valence-electron chi connectivity index (χ4n) is 0.627. The largest absolute Gasteiger partial charge is 0.384 e. The van der Waals surface area contributed by atoms with Crippen molar-refractivity contribution in [1.29, 1.82) is 0 Å². The van der Waals surface area contributed by atoms with Crippen LogP contribution in [0.4, 0.5) is 0 Å². The number of aromatic nitrogens is 2. The highest BCUT2D eigenvalue weighted by molar-refractivity contribution is 7.99. The molecule has 66 valence electrons. The van der Waals surface area contributed by atoms with E-state index in [4.69, 9.17) is 16.3 Å². The Morgan fingerprint density at radius 3 is 2.92 bits per heavy atom. The van der Waals surface area contributed by atoms with Crippen LogP contribution in [-0.2, 0) is 4.74 Å². The quantitative estimate of drug-likeness (QED) is 0.554. The minimum atomic E-state index is 0.457. The monoisotopic (exact) mass is 204 g/mol. The molecule has 0 aliphatic heterocycles. The number of nitrogens with zero attached hydrogens (tertiary/aromatic N) is 2. The topological polar surface area (TPSA) is 35.0 Å². The van der Waals surface area contributed by atoms with Crippen LogP contribution in [-0.4, -0.2) is 29.4 Å². The molecule has 0 radical (unpaired) electrons. The summed E-state index contributed by atoms with van der Waals surface area (Å²) < 4.78 is 4.89. The second-order valence-electron chi connectivity index (χ2n) is 1.99. The van der Waals surface area contributed by atoms with E-state index >= 15 is 0 Å². The van der Waals surface area contributed by atoms with Crippen molar-refractivity contribution in [3.05, 3.63) is 17.5 Å². The minimum Gasteiger partial charge on any atom is -0.384 e. The van der Waals surface area contributed by atoms with Crippen LogP contribution in [0.5, 0.6) is 0 Å². The molecule has 0 spiro atoms. The highest BCUT2D eigenvalue weighted by Crippen LogP contribution is 2.21. The van der Waals surface area contributed by atoms with Gasteiger partial charge < -0.3 is 4.74 Å². The van der Waals surface area contributed by atoms with E-state index in [2.05, 4.69) is 9.97 Å². The van der Waals surface area contributed by atoms with Crippen LogP contribution in [0.2, 0.25) is 5.15 Å². The molecule has 0 saturated carbocycles. The van der Waals surface area contributed by atoms with Gasteiger partial charge in [-0.3, -0.25) is 0 Å². The summed E-state index contributed by atoms with van der Waals surface area (Å²) in [6, 6.07) is 0. The number of methoxy groups -OCH3 is 1. The molecule has 0 aliphatic rings. The predicted molar refractivity (Wildman–Crippen MR) is 49.6 cm³/mol. The van der Waals surface area contributed by atoms with Gasteiger partial charge in [-0.2, -0.15) is 0 Å². The zero-order valence-electron chi connectivity index (χ0n) is 6.66. The zero-order chi connectivity index (χ0) is 8.81. The van der Waals surface area contributed by atoms with E-state index in [0.29, 0.717) is 11.8 Å². The summed E-state index contributed by atoms with van der Waals surface area (Å²) >= 11 is 7.31. The first-order valence-electron chi connectivity index (χ1n) is 3.43. The molecular formula is C7H9ClN2OS. The van der Waals surface area contributed by atoms with E-state index in [1.165, 1.54) is 0 Å². The van der Waals surface area contributed by atoms with Crippen molar-refractivity contribution in [2.45, 2.75) is 5.03 Å². The number of hydrogen-bond donors (Lipinski definition) is 0. The Morgan fingerprint density at radius 2 is 2.25 bits per heavy atom.